The standard InChI is InChI=1S/C9H14F2N2O6/c10-6(11)5-19-2-1-12-9(18)13(3-7(14)15)4-8(16)17/h6H,1-5H2,(H,12,18)(H,14,15)(H,16,17). The average Bonchev–Trinajstić information content (AvgIpc) is 2.25. The number of ether oxygens (including phenoxy) is 1. The number of urea groups is 1. The Labute approximate surface area is 106 Å². The minimum Gasteiger partial charge on any atom is -0.480 e. The number of carbonyl (C=O) groups is 3. The van der Waals surface area contributed by atoms with Gasteiger partial charge in [0.1, 0.15) is 19.7 Å². The molecule has 0 fully saturated rings. The molecule has 0 aromatic heterocycles. The SMILES string of the molecule is O=C(O)CN(CC(=O)O)C(=O)NCCOCC(F)F. The van der Waals surface area contributed by atoms with Crippen LogP contribution in [-0.2, 0) is 14.3 Å². The number of hydrogen-bond acceptors (Lipinski definition) is 4. The number of amides is 2. The van der Waals surface area contributed by atoms with Crippen LogP contribution in [0, 0.1) is 0 Å². The molecule has 0 rings (SSSR count). The molecule has 0 saturated carbocycles. The molecular weight excluding hydrogens is 270 g/mol. The predicted octanol–water partition coefficient (Wildman–Crippen LogP) is -0.551. The van der Waals surface area contributed by atoms with Crippen molar-refractivity contribution < 1.29 is 38.1 Å². The van der Waals surface area contributed by atoms with Gasteiger partial charge in [0.25, 0.3) is 6.43 Å². The molecule has 0 aromatic carbocycles. The molecule has 110 valence electrons. The van der Waals surface area contributed by atoms with Gasteiger partial charge in [0.15, 0.2) is 0 Å². The maximum Gasteiger partial charge on any atom is 0.323 e. The molecule has 0 aliphatic heterocycles. The summed E-state index contributed by atoms with van der Waals surface area (Å²) in [7, 11) is 0. The summed E-state index contributed by atoms with van der Waals surface area (Å²) in [6.07, 6.45) is -2.62. The Hall–Kier alpha value is -1.97. The van der Waals surface area contributed by atoms with Crippen molar-refractivity contribution in [1.82, 2.24) is 10.2 Å². The molecule has 0 aliphatic carbocycles. The van der Waals surface area contributed by atoms with Crippen LogP contribution in [0.25, 0.3) is 0 Å². The van der Waals surface area contributed by atoms with Crippen LogP contribution in [0.1, 0.15) is 0 Å². The van der Waals surface area contributed by atoms with E-state index in [1.807, 2.05) is 0 Å². The fourth-order valence-electron chi connectivity index (χ4n) is 1.04. The quantitative estimate of drug-likeness (QED) is 0.489. The molecule has 0 bridgehead atoms. The Morgan fingerprint density at radius 1 is 1.16 bits per heavy atom. The molecule has 3 N–H and O–H groups in total. The molecule has 0 heterocycles. The Bertz CT molecular complexity index is 310. The largest absolute Gasteiger partial charge is 0.480 e. The number of nitrogens with one attached hydrogen (secondary N) is 1. The fraction of sp³-hybridized carbons (Fsp3) is 0.667. The topological polar surface area (TPSA) is 116 Å². The highest BCUT2D eigenvalue weighted by Crippen LogP contribution is 1.92. The number of rotatable bonds is 9. The van der Waals surface area contributed by atoms with Crippen molar-refractivity contribution in [3.8, 4) is 0 Å². The van der Waals surface area contributed by atoms with E-state index in [1.54, 1.807) is 0 Å². The maximum absolute atomic E-state index is 11.7. The van der Waals surface area contributed by atoms with Crippen LogP contribution >= 0.6 is 0 Å². The lowest BCUT2D eigenvalue weighted by Gasteiger charge is -2.18. The monoisotopic (exact) mass is 284 g/mol. The van der Waals surface area contributed by atoms with Gasteiger partial charge in [0, 0.05) is 6.54 Å². The van der Waals surface area contributed by atoms with Crippen molar-refractivity contribution in [3.63, 3.8) is 0 Å². The van der Waals surface area contributed by atoms with Crippen molar-refractivity contribution in [2.75, 3.05) is 32.8 Å². The van der Waals surface area contributed by atoms with Crippen LogP contribution in [-0.4, -0.2) is 72.4 Å². The first kappa shape index (κ1) is 17.0. The van der Waals surface area contributed by atoms with E-state index in [2.05, 4.69) is 10.1 Å². The molecule has 0 radical (unpaired) electrons. The number of carboxylic acid groups (broad SMARTS) is 2. The lowest BCUT2D eigenvalue weighted by molar-refractivity contribution is -0.140. The minimum atomic E-state index is -2.62. The molecule has 10 heteroatoms. The van der Waals surface area contributed by atoms with E-state index in [9.17, 15) is 23.2 Å². The third-order valence-corrected chi connectivity index (χ3v) is 1.71. The summed E-state index contributed by atoms with van der Waals surface area (Å²) in [5.74, 6) is -2.74. The first-order valence-electron chi connectivity index (χ1n) is 5.15. The predicted molar refractivity (Wildman–Crippen MR) is 57.1 cm³/mol. The summed E-state index contributed by atoms with van der Waals surface area (Å²) < 4.78 is 27.8. The van der Waals surface area contributed by atoms with E-state index in [-0.39, 0.29) is 13.2 Å². The number of hydrogen-bond donors (Lipinski definition) is 3. The number of alkyl halides is 2. The van der Waals surface area contributed by atoms with Gasteiger partial charge in [0.2, 0.25) is 0 Å². The number of halogens is 2. The van der Waals surface area contributed by atoms with Crippen molar-refractivity contribution in [2.45, 2.75) is 6.43 Å². The summed E-state index contributed by atoms with van der Waals surface area (Å²) >= 11 is 0. The van der Waals surface area contributed by atoms with E-state index in [0.717, 1.165) is 0 Å². The second kappa shape index (κ2) is 9.03. The highest BCUT2D eigenvalue weighted by atomic mass is 19.3. The third kappa shape index (κ3) is 9.71. The summed E-state index contributed by atoms with van der Waals surface area (Å²) in [6.45, 7) is -2.67. The van der Waals surface area contributed by atoms with E-state index < -0.39 is 44.1 Å². The van der Waals surface area contributed by atoms with Crippen LogP contribution in [0.3, 0.4) is 0 Å². The van der Waals surface area contributed by atoms with Crippen molar-refractivity contribution in [2.24, 2.45) is 0 Å². The van der Waals surface area contributed by atoms with E-state index in [0.29, 0.717) is 4.90 Å². The molecule has 8 nitrogen and oxygen atoms in total. The minimum absolute atomic E-state index is 0.138. The van der Waals surface area contributed by atoms with Crippen molar-refractivity contribution in [3.05, 3.63) is 0 Å². The lowest BCUT2D eigenvalue weighted by atomic mass is 10.5. The summed E-state index contributed by atoms with van der Waals surface area (Å²) in [5, 5.41) is 19.1. The summed E-state index contributed by atoms with van der Waals surface area (Å²) in [4.78, 5) is 32.8. The van der Waals surface area contributed by atoms with E-state index in [4.69, 9.17) is 10.2 Å². The molecule has 0 saturated heterocycles. The number of aliphatic carboxylic acids is 2. The zero-order valence-electron chi connectivity index (χ0n) is 9.84. The Balaban J connectivity index is 4.03. The summed E-state index contributed by atoms with van der Waals surface area (Å²) in [6, 6.07) is -0.926. The third-order valence-electron chi connectivity index (χ3n) is 1.71. The Kier molecular flexibility index (Phi) is 8.09. The lowest BCUT2D eigenvalue weighted by Crippen LogP contribution is -2.46. The molecule has 2 amide bonds. The highest BCUT2D eigenvalue weighted by molar-refractivity contribution is 5.84. The van der Waals surface area contributed by atoms with Gasteiger partial charge in [-0.05, 0) is 0 Å². The van der Waals surface area contributed by atoms with E-state index in [1.165, 1.54) is 0 Å². The van der Waals surface area contributed by atoms with Gasteiger partial charge >= 0.3 is 18.0 Å². The second-order valence-electron chi connectivity index (χ2n) is 3.34. The van der Waals surface area contributed by atoms with Crippen LogP contribution in [0.15, 0.2) is 0 Å². The Morgan fingerprint density at radius 3 is 2.11 bits per heavy atom. The van der Waals surface area contributed by atoms with Crippen LogP contribution in [0.2, 0.25) is 0 Å². The van der Waals surface area contributed by atoms with Crippen LogP contribution in [0.4, 0.5) is 13.6 Å². The molecule has 0 atom stereocenters. The van der Waals surface area contributed by atoms with Gasteiger partial charge in [-0.3, -0.25) is 9.59 Å². The number of nitrogens with zero attached hydrogens (tertiary/aromatic N) is 1. The molecule has 19 heavy (non-hydrogen) atoms. The van der Waals surface area contributed by atoms with Gasteiger partial charge in [-0.2, -0.15) is 0 Å². The van der Waals surface area contributed by atoms with Crippen molar-refractivity contribution in [1.29, 1.82) is 0 Å². The zero-order chi connectivity index (χ0) is 14.8. The maximum atomic E-state index is 11.7. The number of carbonyl (C=O) groups excluding carboxylic acids is 1. The molecule has 0 aliphatic rings. The first-order chi connectivity index (χ1) is 8.82. The zero-order valence-corrected chi connectivity index (χ0v) is 9.84. The molecule has 0 spiro atoms. The first-order valence-corrected chi connectivity index (χ1v) is 5.15. The fourth-order valence-corrected chi connectivity index (χ4v) is 1.04. The molecule has 0 aromatic rings. The van der Waals surface area contributed by atoms with Gasteiger partial charge in [-0.15, -0.1) is 0 Å². The number of carboxylic acids is 2. The van der Waals surface area contributed by atoms with Crippen molar-refractivity contribution >= 4 is 18.0 Å². The summed E-state index contributed by atoms with van der Waals surface area (Å²) in [5.41, 5.74) is 0. The average molecular weight is 284 g/mol. The van der Waals surface area contributed by atoms with Gasteiger partial charge in [-0.1, -0.05) is 0 Å². The van der Waals surface area contributed by atoms with Gasteiger partial charge < -0.3 is 25.2 Å². The van der Waals surface area contributed by atoms with Crippen LogP contribution < -0.4 is 5.32 Å². The van der Waals surface area contributed by atoms with Gasteiger partial charge in [0.05, 0.1) is 6.61 Å². The van der Waals surface area contributed by atoms with Gasteiger partial charge in [-0.25, -0.2) is 13.6 Å². The van der Waals surface area contributed by atoms with Crippen LogP contribution in [0.5, 0.6) is 0 Å². The molecule has 0 unspecified atom stereocenters. The normalized spacial score (nSPS) is 10.3. The smallest absolute Gasteiger partial charge is 0.323 e. The Morgan fingerprint density at radius 2 is 1.68 bits per heavy atom. The second-order valence-corrected chi connectivity index (χ2v) is 3.34. The molecular formula is C9H14F2N2O6. The van der Waals surface area contributed by atoms with E-state index >= 15 is 0 Å². The highest BCUT2D eigenvalue weighted by Gasteiger charge is 2.19.